The van der Waals surface area contributed by atoms with E-state index in [1.807, 2.05) is 0 Å². The Morgan fingerprint density at radius 1 is 1.25 bits per heavy atom. The van der Waals surface area contributed by atoms with Crippen molar-refractivity contribution >= 4 is 39.2 Å². The maximum absolute atomic E-state index is 13.7. The Kier molecular flexibility index (Phi) is 6.60. The number of nitrogens with one attached hydrogen (secondary N) is 1. The van der Waals surface area contributed by atoms with Crippen molar-refractivity contribution in [3.8, 4) is 0 Å². The van der Waals surface area contributed by atoms with Crippen LogP contribution in [0.1, 0.15) is 61.4 Å². The summed E-state index contributed by atoms with van der Waals surface area (Å²) in [7, 11) is 0. The fraction of sp³-hybridized carbons (Fsp3) is 0.591. The molecule has 0 radical (unpaired) electrons. The van der Waals surface area contributed by atoms with Crippen molar-refractivity contribution in [1.82, 2.24) is 10.3 Å². The zero-order valence-electron chi connectivity index (χ0n) is 17.8. The lowest BCUT2D eigenvalue weighted by molar-refractivity contribution is -0.136. The van der Waals surface area contributed by atoms with Crippen LogP contribution >= 0.6 is 11.3 Å². The van der Waals surface area contributed by atoms with Gasteiger partial charge in [0.2, 0.25) is 0 Å². The first-order valence-corrected chi connectivity index (χ1v) is 11.9. The Balaban J connectivity index is 1.45. The molecule has 32 heavy (non-hydrogen) atoms. The van der Waals surface area contributed by atoms with Crippen LogP contribution < -0.4 is 10.2 Å². The molecular formula is C22H26F3N3O3S. The summed E-state index contributed by atoms with van der Waals surface area (Å²) in [4.78, 5) is 30.4. The highest BCUT2D eigenvalue weighted by molar-refractivity contribution is 7.17. The second-order valence-corrected chi connectivity index (χ2v) is 9.26. The highest BCUT2D eigenvalue weighted by atomic mass is 32.1. The van der Waals surface area contributed by atoms with Crippen LogP contribution in [-0.4, -0.2) is 42.6 Å². The predicted molar refractivity (Wildman–Crippen MR) is 116 cm³/mol. The van der Waals surface area contributed by atoms with E-state index in [2.05, 4.69) is 10.3 Å². The number of aromatic nitrogens is 1. The van der Waals surface area contributed by atoms with Crippen LogP contribution in [0.2, 0.25) is 0 Å². The molecule has 0 atom stereocenters. The largest absolute Gasteiger partial charge is 0.446 e. The average molecular weight is 470 g/mol. The third-order valence-electron chi connectivity index (χ3n) is 5.99. The molecular weight excluding hydrogens is 443 g/mol. The van der Waals surface area contributed by atoms with Gasteiger partial charge in [0, 0.05) is 44.3 Å². The van der Waals surface area contributed by atoms with E-state index in [1.165, 1.54) is 18.2 Å². The smallest absolute Gasteiger partial charge is 0.417 e. The lowest BCUT2D eigenvalue weighted by Crippen LogP contribution is -2.40. The highest BCUT2D eigenvalue weighted by Crippen LogP contribution is 2.40. The topological polar surface area (TPSA) is 71.5 Å². The van der Waals surface area contributed by atoms with Gasteiger partial charge in [-0.1, -0.05) is 19.8 Å². The summed E-state index contributed by atoms with van der Waals surface area (Å²) in [6, 6.07) is 1.06. The monoisotopic (exact) mass is 469 g/mol. The number of anilines is 1. The average Bonchev–Trinajstić information content (AvgIpc) is 3.48. The second kappa shape index (κ2) is 9.25. The number of nitrogens with zero attached hydrogens (tertiary/aromatic N) is 2. The summed E-state index contributed by atoms with van der Waals surface area (Å²) in [5, 5.41) is 4.23. The van der Waals surface area contributed by atoms with Gasteiger partial charge in [0.05, 0.1) is 21.3 Å². The summed E-state index contributed by atoms with van der Waals surface area (Å²) in [6.45, 7) is 3.10. The number of thiophene rings is 1. The van der Waals surface area contributed by atoms with E-state index in [9.17, 15) is 22.8 Å². The van der Waals surface area contributed by atoms with Gasteiger partial charge in [-0.2, -0.15) is 13.2 Å². The van der Waals surface area contributed by atoms with Gasteiger partial charge in [-0.15, -0.1) is 11.3 Å². The number of amides is 1. The normalized spacial score (nSPS) is 17.6. The van der Waals surface area contributed by atoms with Crippen molar-refractivity contribution in [3.63, 3.8) is 0 Å². The molecule has 2 aromatic heterocycles. The molecule has 174 valence electrons. The SMILES string of the molecule is CCC(=O)c1csc2c(C(F)(F)F)cc(N3CCC(OC(=O)NCCC4CC4)CC3)nc12. The van der Waals surface area contributed by atoms with Gasteiger partial charge >= 0.3 is 12.3 Å². The van der Waals surface area contributed by atoms with E-state index in [4.69, 9.17) is 4.74 Å². The number of carbonyl (C=O) groups excluding carboxylic acids is 2. The van der Waals surface area contributed by atoms with Gasteiger partial charge < -0.3 is 15.0 Å². The van der Waals surface area contributed by atoms with E-state index in [0.29, 0.717) is 32.5 Å². The number of carbonyl (C=O) groups is 2. The second-order valence-electron chi connectivity index (χ2n) is 8.38. The molecule has 2 aromatic rings. The summed E-state index contributed by atoms with van der Waals surface area (Å²) >= 11 is 0.899. The number of pyridine rings is 1. The van der Waals surface area contributed by atoms with Gasteiger partial charge in [0.1, 0.15) is 11.9 Å². The number of ketones is 1. The van der Waals surface area contributed by atoms with E-state index in [1.54, 1.807) is 11.8 Å². The van der Waals surface area contributed by atoms with Crippen molar-refractivity contribution in [1.29, 1.82) is 0 Å². The zero-order chi connectivity index (χ0) is 22.9. The number of alkyl carbamates (subject to hydrolysis) is 1. The van der Waals surface area contributed by atoms with Gasteiger partial charge in [-0.25, -0.2) is 9.78 Å². The number of ether oxygens (including phenoxy) is 1. The molecule has 0 bridgehead atoms. The Bertz CT molecular complexity index is 995. The first-order valence-electron chi connectivity index (χ1n) is 11.0. The Labute approximate surface area is 188 Å². The number of halogens is 3. The van der Waals surface area contributed by atoms with Crippen LogP contribution in [0.25, 0.3) is 10.2 Å². The minimum atomic E-state index is -4.55. The first-order chi connectivity index (χ1) is 15.3. The summed E-state index contributed by atoms with van der Waals surface area (Å²) < 4.78 is 46.6. The molecule has 1 N–H and O–H groups in total. The number of fused-ring (bicyclic) bond motifs is 1. The third kappa shape index (κ3) is 5.16. The molecule has 3 heterocycles. The Morgan fingerprint density at radius 3 is 2.59 bits per heavy atom. The molecule has 1 amide bonds. The molecule has 2 aliphatic rings. The molecule has 0 spiro atoms. The molecule has 4 rings (SSSR count). The molecule has 0 aromatic carbocycles. The minimum absolute atomic E-state index is 0.0147. The number of hydrogen-bond donors (Lipinski definition) is 1. The van der Waals surface area contributed by atoms with Gasteiger partial charge in [0.15, 0.2) is 5.78 Å². The number of hydrogen-bond acceptors (Lipinski definition) is 6. The third-order valence-corrected chi connectivity index (χ3v) is 7.00. The van der Waals surface area contributed by atoms with Crippen LogP contribution in [0.5, 0.6) is 0 Å². The van der Waals surface area contributed by atoms with Crippen LogP contribution in [0.15, 0.2) is 11.4 Å². The van der Waals surface area contributed by atoms with Crippen LogP contribution in [0, 0.1) is 5.92 Å². The maximum Gasteiger partial charge on any atom is 0.417 e. The summed E-state index contributed by atoms with van der Waals surface area (Å²) in [6.07, 6.45) is -0.648. The van der Waals surface area contributed by atoms with Gasteiger partial charge in [0.25, 0.3) is 0 Å². The fourth-order valence-corrected chi connectivity index (χ4v) is 4.98. The summed E-state index contributed by atoms with van der Waals surface area (Å²) in [5.41, 5.74) is -0.424. The van der Waals surface area contributed by atoms with Crippen molar-refractivity contribution in [2.45, 2.75) is 57.7 Å². The van der Waals surface area contributed by atoms with E-state index in [-0.39, 0.29) is 39.9 Å². The van der Waals surface area contributed by atoms with Gasteiger partial charge in [-0.05, 0) is 18.4 Å². The number of piperidine rings is 1. The standard InChI is InChI=1S/C22H26F3N3O3S/c1-2-17(29)15-12-32-20-16(22(23,24)25)11-18(27-19(15)20)28-9-6-14(7-10-28)31-21(30)26-8-5-13-3-4-13/h11-14H,2-10H2,1H3,(H,26,30). The molecule has 2 fully saturated rings. The Hall–Kier alpha value is -2.36. The van der Waals surface area contributed by atoms with Crippen molar-refractivity contribution in [3.05, 3.63) is 22.6 Å². The zero-order valence-corrected chi connectivity index (χ0v) is 18.7. The van der Waals surface area contributed by atoms with E-state index < -0.39 is 17.8 Å². The predicted octanol–water partition coefficient (Wildman–Crippen LogP) is 5.40. The minimum Gasteiger partial charge on any atom is -0.446 e. The molecule has 1 saturated carbocycles. The number of rotatable bonds is 7. The lowest BCUT2D eigenvalue weighted by atomic mass is 10.1. The molecule has 0 unspecified atom stereocenters. The van der Waals surface area contributed by atoms with Crippen molar-refractivity contribution in [2.24, 2.45) is 5.92 Å². The van der Waals surface area contributed by atoms with Crippen LogP contribution in [-0.2, 0) is 10.9 Å². The fourth-order valence-electron chi connectivity index (χ4n) is 3.94. The number of alkyl halides is 3. The van der Waals surface area contributed by atoms with Crippen molar-refractivity contribution in [2.75, 3.05) is 24.5 Å². The quantitative estimate of drug-likeness (QED) is 0.550. The lowest BCUT2D eigenvalue weighted by Gasteiger charge is -2.32. The van der Waals surface area contributed by atoms with E-state index >= 15 is 0 Å². The van der Waals surface area contributed by atoms with Crippen molar-refractivity contribution < 1.29 is 27.5 Å². The van der Waals surface area contributed by atoms with Crippen LogP contribution in [0.4, 0.5) is 23.8 Å². The van der Waals surface area contributed by atoms with Gasteiger partial charge in [-0.3, -0.25) is 4.79 Å². The molecule has 10 heteroatoms. The summed E-state index contributed by atoms with van der Waals surface area (Å²) in [5.74, 6) is 0.691. The maximum atomic E-state index is 13.7. The van der Waals surface area contributed by atoms with Crippen LogP contribution in [0.3, 0.4) is 0 Å². The first kappa shape index (κ1) is 22.8. The highest BCUT2D eigenvalue weighted by Gasteiger charge is 2.36. The Morgan fingerprint density at radius 2 is 1.97 bits per heavy atom. The molecule has 1 aliphatic heterocycles. The molecule has 1 saturated heterocycles. The van der Waals surface area contributed by atoms with E-state index in [0.717, 1.165) is 29.7 Å². The molecule has 1 aliphatic carbocycles. The molecule has 6 nitrogen and oxygen atoms in total. The number of Topliss-reactive ketones (excluding diaryl/α,β-unsaturated/α-hetero) is 1.